The number of methoxy groups -OCH3 is 1. The Labute approximate surface area is 98.0 Å². The van der Waals surface area contributed by atoms with Gasteiger partial charge in [-0.05, 0) is 43.4 Å². The first-order valence-electron chi connectivity index (χ1n) is 6.06. The summed E-state index contributed by atoms with van der Waals surface area (Å²) in [6.07, 6.45) is 2.43. The third-order valence-electron chi connectivity index (χ3n) is 3.45. The first kappa shape index (κ1) is 11.6. The van der Waals surface area contributed by atoms with Crippen molar-refractivity contribution in [3.05, 3.63) is 35.4 Å². The quantitative estimate of drug-likeness (QED) is 0.838. The van der Waals surface area contributed by atoms with E-state index in [1.165, 1.54) is 24.0 Å². The fourth-order valence-corrected chi connectivity index (χ4v) is 2.54. The van der Waals surface area contributed by atoms with E-state index in [2.05, 4.69) is 36.5 Å². The van der Waals surface area contributed by atoms with Gasteiger partial charge in [0.2, 0.25) is 0 Å². The van der Waals surface area contributed by atoms with Gasteiger partial charge in [0.15, 0.2) is 0 Å². The molecular weight excluding hydrogens is 198 g/mol. The van der Waals surface area contributed by atoms with Crippen LogP contribution in [-0.4, -0.2) is 26.3 Å². The Morgan fingerprint density at radius 1 is 1.38 bits per heavy atom. The predicted octanol–water partition coefficient (Wildman–Crippen LogP) is 2.16. The maximum absolute atomic E-state index is 5.19. The Balaban J connectivity index is 1.90. The fourth-order valence-electron chi connectivity index (χ4n) is 2.54. The second kappa shape index (κ2) is 5.46. The lowest BCUT2D eigenvalue weighted by molar-refractivity contribution is 0.172. The first-order valence-corrected chi connectivity index (χ1v) is 6.06. The molecule has 1 saturated heterocycles. The minimum atomic E-state index is 0.555. The van der Waals surface area contributed by atoms with Gasteiger partial charge in [-0.2, -0.15) is 0 Å². The number of hydrogen-bond acceptors (Lipinski definition) is 2. The van der Waals surface area contributed by atoms with E-state index in [4.69, 9.17) is 4.74 Å². The zero-order valence-electron chi connectivity index (χ0n) is 10.2. The molecular formula is C14H21NO. The lowest BCUT2D eigenvalue weighted by atomic mass is 9.94. The van der Waals surface area contributed by atoms with Gasteiger partial charge >= 0.3 is 0 Å². The highest BCUT2D eigenvalue weighted by molar-refractivity contribution is 5.26. The summed E-state index contributed by atoms with van der Waals surface area (Å²) < 4.78 is 5.19. The molecule has 88 valence electrons. The van der Waals surface area contributed by atoms with Gasteiger partial charge in [-0.3, -0.25) is 0 Å². The molecule has 2 nitrogen and oxygen atoms in total. The van der Waals surface area contributed by atoms with Gasteiger partial charge in [-0.1, -0.05) is 24.3 Å². The van der Waals surface area contributed by atoms with E-state index in [-0.39, 0.29) is 0 Å². The average molecular weight is 219 g/mol. The zero-order valence-corrected chi connectivity index (χ0v) is 10.2. The monoisotopic (exact) mass is 219 g/mol. The smallest absolute Gasteiger partial charge is 0.0615 e. The summed E-state index contributed by atoms with van der Waals surface area (Å²) in [5, 5.41) is 3.52. The van der Waals surface area contributed by atoms with Crippen LogP contribution in [0.1, 0.15) is 17.5 Å². The van der Waals surface area contributed by atoms with Crippen molar-refractivity contribution < 1.29 is 4.74 Å². The molecule has 1 aliphatic rings. The number of aryl methyl sites for hydroxylation is 1. The molecule has 2 heteroatoms. The van der Waals surface area contributed by atoms with Crippen LogP contribution < -0.4 is 5.32 Å². The molecule has 1 aliphatic heterocycles. The number of nitrogens with one attached hydrogen (secondary N) is 1. The molecule has 1 aromatic rings. The van der Waals surface area contributed by atoms with Crippen LogP contribution in [0.15, 0.2) is 24.3 Å². The van der Waals surface area contributed by atoms with Crippen molar-refractivity contribution in [2.45, 2.75) is 25.8 Å². The summed E-state index contributed by atoms with van der Waals surface area (Å²) in [7, 11) is 1.77. The lowest BCUT2D eigenvalue weighted by Crippen LogP contribution is -2.25. The van der Waals surface area contributed by atoms with Gasteiger partial charge in [-0.25, -0.2) is 0 Å². The molecule has 0 radical (unpaired) electrons. The van der Waals surface area contributed by atoms with Crippen molar-refractivity contribution in [2.75, 3.05) is 20.3 Å². The second-order valence-electron chi connectivity index (χ2n) is 4.79. The van der Waals surface area contributed by atoms with E-state index in [0.29, 0.717) is 6.04 Å². The van der Waals surface area contributed by atoms with Crippen LogP contribution in [0.25, 0.3) is 0 Å². The third kappa shape index (κ3) is 2.83. The van der Waals surface area contributed by atoms with E-state index in [0.717, 1.165) is 19.1 Å². The molecule has 0 bridgehead atoms. The standard InChI is InChI=1S/C14H21NO/c1-11-5-3-4-6-13(11)7-12-8-14(10-16-2)15-9-12/h3-6,12,14-15H,7-10H2,1-2H3. The summed E-state index contributed by atoms with van der Waals surface area (Å²) in [5.74, 6) is 0.765. The van der Waals surface area contributed by atoms with Crippen LogP contribution in [0.4, 0.5) is 0 Å². The number of hydrogen-bond donors (Lipinski definition) is 1. The normalized spacial score (nSPS) is 24.9. The highest BCUT2D eigenvalue weighted by Gasteiger charge is 2.24. The number of benzene rings is 1. The molecule has 0 aliphatic carbocycles. The van der Waals surface area contributed by atoms with Gasteiger partial charge < -0.3 is 10.1 Å². The minimum absolute atomic E-state index is 0.555. The Kier molecular flexibility index (Phi) is 3.97. The van der Waals surface area contributed by atoms with Crippen molar-refractivity contribution >= 4 is 0 Å². The number of rotatable bonds is 4. The Morgan fingerprint density at radius 3 is 2.94 bits per heavy atom. The minimum Gasteiger partial charge on any atom is -0.383 e. The van der Waals surface area contributed by atoms with Crippen molar-refractivity contribution in [3.8, 4) is 0 Å². The summed E-state index contributed by atoms with van der Waals surface area (Å²) >= 11 is 0. The molecule has 0 amide bonds. The Morgan fingerprint density at radius 2 is 2.19 bits per heavy atom. The van der Waals surface area contributed by atoms with Crippen molar-refractivity contribution in [3.63, 3.8) is 0 Å². The van der Waals surface area contributed by atoms with E-state index in [9.17, 15) is 0 Å². The summed E-state index contributed by atoms with van der Waals surface area (Å²) in [6.45, 7) is 4.16. The molecule has 2 atom stereocenters. The van der Waals surface area contributed by atoms with Crippen LogP contribution in [0.3, 0.4) is 0 Å². The topological polar surface area (TPSA) is 21.3 Å². The van der Waals surface area contributed by atoms with E-state index < -0.39 is 0 Å². The molecule has 0 saturated carbocycles. The van der Waals surface area contributed by atoms with E-state index >= 15 is 0 Å². The van der Waals surface area contributed by atoms with Gasteiger partial charge in [0.25, 0.3) is 0 Å². The van der Waals surface area contributed by atoms with E-state index in [1.807, 2.05) is 0 Å². The predicted molar refractivity (Wildman–Crippen MR) is 66.7 cm³/mol. The van der Waals surface area contributed by atoms with E-state index in [1.54, 1.807) is 7.11 Å². The maximum Gasteiger partial charge on any atom is 0.0615 e. The summed E-state index contributed by atoms with van der Waals surface area (Å²) in [4.78, 5) is 0. The molecule has 1 aromatic carbocycles. The van der Waals surface area contributed by atoms with Gasteiger partial charge in [0.1, 0.15) is 0 Å². The van der Waals surface area contributed by atoms with Crippen LogP contribution in [0, 0.1) is 12.8 Å². The summed E-state index contributed by atoms with van der Waals surface area (Å²) in [5.41, 5.74) is 2.91. The average Bonchev–Trinajstić information content (AvgIpc) is 2.70. The molecule has 0 aromatic heterocycles. The molecule has 1 N–H and O–H groups in total. The maximum atomic E-state index is 5.19. The third-order valence-corrected chi connectivity index (χ3v) is 3.45. The molecule has 16 heavy (non-hydrogen) atoms. The molecule has 2 rings (SSSR count). The van der Waals surface area contributed by atoms with Gasteiger partial charge in [-0.15, -0.1) is 0 Å². The Bertz CT molecular complexity index is 337. The Hall–Kier alpha value is -0.860. The molecule has 1 heterocycles. The van der Waals surface area contributed by atoms with Crippen molar-refractivity contribution in [1.29, 1.82) is 0 Å². The van der Waals surface area contributed by atoms with Gasteiger partial charge in [0.05, 0.1) is 6.61 Å². The molecule has 2 unspecified atom stereocenters. The van der Waals surface area contributed by atoms with Crippen LogP contribution >= 0.6 is 0 Å². The van der Waals surface area contributed by atoms with Crippen molar-refractivity contribution in [2.24, 2.45) is 5.92 Å². The largest absolute Gasteiger partial charge is 0.383 e. The number of ether oxygens (including phenoxy) is 1. The second-order valence-corrected chi connectivity index (χ2v) is 4.79. The molecule has 0 spiro atoms. The van der Waals surface area contributed by atoms with Crippen LogP contribution in [0.5, 0.6) is 0 Å². The first-order chi connectivity index (χ1) is 7.79. The highest BCUT2D eigenvalue weighted by Crippen LogP contribution is 2.21. The van der Waals surface area contributed by atoms with Gasteiger partial charge in [0, 0.05) is 13.2 Å². The fraction of sp³-hybridized carbons (Fsp3) is 0.571. The zero-order chi connectivity index (χ0) is 11.4. The summed E-state index contributed by atoms with van der Waals surface area (Å²) in [6, 6.07) is 9.25. The van der Waals surface area contributed by atoms with Crippen LogP contribution in [-0.2, 0) is 11.2 Å². The highest BCUT2D eigenvalue weighted by atomic mass is 16.5. The van der Waals surface area contributed by atoms with Crippen molar-refractivity contribution in [1.82, 2.24) is 5.32 Å². The molecule has 1 fully saturated rings. The van der Waals surface area contributed by atoms with Crippen LogP contribution in [0.2, 0.25) is 0 Å². The lowest BCUT2D eigenvalue weighted by Gasteiger charge is -2.11. The SMILES string of the molecule is COCC1CC(Cc2ccccc2C)CN1.